The number of para-hydroxylation sites is 1. The second-order valence-electron chi connectivity index (χ2n) is 5.75. The summed E-state index contributed by atoms with van der Waals surface area (Å²) in [4.78, 5) is 10.1. The van der Waals surface area contributed by atoms with Crippen LogP contribution >= 0.6 is 11.9 Å². The predicted octanol–water partition coefficient (Wildman–Crippen LogP) is 4.79. The van der Waals surface area contributed by atoms with Gasteiger partial charge in [-0.15, -0.1) is 0 Å². The van der Waals surface area contributed by atoms with Crippen molar-refractivity contribution in [1.82, 2.24) is 19.7 Å². The maximum atomic E-state index is 5.92. The molecule has 0 amide bonds. The Kier molecular flexibility index (Phi) is 5.02. The van der Waals surface area contributed by atoms with E-state index in [2.05, 4.69) is 19.8 Å². The molecular weight excluding hydrogens is 358 g/mol. The summed E-state index contributed by atoms with van der Waals surface area (Å²) >= 11 is 1.40. The number of nitrogens with zero attached hydrogens (tertiary/aromatic N) is 4. The molecule has 0 fully saturated rings. The quantitative estimate of drug-likeness (QED) is 0.489. The molecule has 134 valence electrons. The van der Waals surface area contributed by atoms with Crippen LogP contribution in [0.4, 0.5) is 5.95 Å². The lowest BCUT2D eigenvalue weighted by Crippen LogP contribution is -1.99. The highest BCUT2D eigenvalue weighted by Gasteiger charge is 2.09. The maximum absolute atomic E-state index is 5.92. The van der Waals surface area contributed by atoms with Gasteiger partial charge < -0.3 is 4.74 Å². The van der Waals surface area contributed by atoms with E-state index < -0.39 is 0 Å². The largest absolute Gasteiger partial charge is 0.439 e. The number of aromatic nitrogens is 4. The molecule has 0 radical (unpaired) electrons. The fourth-order valence-electron chi connectivity index (χ4n) is 2.45. The first-order valence-electron chi connectivity index (χ1n) is 8.35. The molecule has 0 unspecified atom stereocenters. The molecule has 4 rings (SSSR count). The first-order chi connectivity index (χ1) is 13.3. The molecule has 0 spiro atoms. The van der Waals surface area contributed by atoms with Gasteiger partial charge in [-0.25, -0.2) is 4.98 Å². The Morgan fingerprint density at radius 3 is 2.41 bits per heavy atom. The van der Waals surface area contributed by atoms with E-state index >= 15 is 0 Å². The van der Waals surface area contributed by atoms with Crippen LogP contribution in [0.2, 0.25) is 0 Å². The summed E-state index contributed by atoms with van der Waals surface area (Å²) in [6.45, 7) is 0. The van der Waals surface area contributed by atoms with Gasteiger partial charge in [0.05, 0.1) is 16.8 Å². The first kappa shape index (κ1) is 17.1. The summed E-state index contributed by atoms with van der Waals surface area (Å²) in [5.74, 6) is 1.67. The van der Waals surface area contributed by atoms with Crippen molar-refractivity contribution in [2.75, 3.05) is 4.72 Å². The standard InChI is InChI=1S/C20H17N5OS/c1-25-14-17(13-21-25)27-24-20-22-18(15-8-4-2-5-9-15)12-19(23-20)26-16-10-6-3-7-11-16/h2-14H,1H3,(H,22,23,24). The van der Waals surface area contributed by atoms with Crippen LogP contribution in [0.15, 0.2) is 84.0 Å². The highest BCUT2D eigenvalue weighted by molar-refractivity contribution is 8.00. The van der Waals surface area contributed by atoms with Gasteiger partial charge in [-0.3, -0.25) is 9.40 Å². The Hall–Kier alpha value is -3.32. The molecular formula is C20H17N5OS. The second-order valence-corrected chi connectivity index (χ2v) is 6.63. The van der Waals surface area contributed by atoms with Gasteiger partial charge in [-0.1, -0.05) is 48.5 Å². The fraction of sp³-hybridized carbons (Fsp3) is 0.0500. The third-order valence-corrected chi connectivity index (χ3v) is 4.41. The Bertz CT molecular complexity index is 1020. The second kappa shape index (κ2) is 7.92. The average Bonchev–Trinajstić information content (AvgIpc) is 3.13. The van der Waals surface area contributed by atoms with Crippen molar-refractivity contribution < 1.29 is 4.74 Å². The molecule has 2 aromatic heterocycles. The number of nitrogens with one attached hydrogen (secondary N) is 1. The van der Waals surface area contributed by atoms with Crippen molar-refractivity contribution in [2.45, 2.75) is 4.90 Å². The van der Waals surface area contributed by atoms with Gasteiger partial charge in [0.1, 0.15) is 5.75 Å². The van der Waals surface area contributed by atoms with E-state index in [0.29, 0.717) is 11.8 Å². The molecule has 4 aromatic rings. The van der Waals surface area contributed by atoms with Gasteiger partial charge >= 0.3 is 0 Å². The summed E-state index contributed by atoms with van der Waals surface area (Å²) in [7, 11) is 1.88. The molecule has 0 aliphatic heterocycles. The van der Waals surface area contributed by atoms with E-state index in [4.69, 9.17) is 4.74 Å². The molecule has 27 heavy (non-hydrogen) atoms. The highest BCUT2D eigenvalue weighted by Crippen LogP contribution is 2.27. The zero-order chi connectivity index (χ0) is 18.5. The number of anilines is 1. The number of benzene rings is 2. The zero-order valence-electron chi connectivity index (χ0n) is 14.6. The van der Waals surface area contributed by atoms with Gasteiger partial charge in [-0.2, -0.15) is 10.1 Å². The SMILES string of the molecule is Cn1cc(SNc2nc(Oc3ccccc3)cc(-c3ccccc3)n2)cn1. The minimum atomic E-state index is 0.469. The third-order valence-electron chi connectivity index (χ3n) is 3.68. The van der Waals surface area contributed by atoms with Gasteiger partial charge in [0, 0.05) is 24.9 Å². The monoisotopic (exact) mass is 375 g/mol. The summed E-state index contributed by atoms with van der Waals surface area (Å²) in [6, 6.07) is 21.4. The van der Waals surface area contributed by atoms with Crippen LogP contribution in [0, 0.1) is 0 Å². The number of aryl methyl sites for hydroxylation is 1. The molecule has 2 aromatic carbocycles. The topological polar surface area (TPSA) is 64.9 Å². The summed E-state index contributed by atoms with van der Waals surface area (Å²) in [5.41, 5.74) is 1.78. The van der Waals surface area contributed by atoms with Gasteiger partial charge in [0.25, 0.3) is 0 Å². The Morgan fingerprint density at radius 1 is 0.963 bits per heavy atom. The molecule has 7 heteroatoms. The zero-order valence-corrected chi connectivity index (χ0v) is 15.4. The van der Waals surface area contributed by atoms with E-state index in [-0.39, 0.29) is 0 Å². The van der Waals surface area contributed by atoms with Crippen LogP contribution in [0.25, 0.3) is 11.3 Å². The molecule has 0 saturated heterocycles. The van der Waals surface area contributed by atoms with Crippen LogP contribution in [-0.2, 0) is 7.05 Å². The first-order valence-corrected chi connectivity index (χ1v) is 9.17. The van der Waals surface area contributed by atoms with E-state index in [1.54, 1.807) is 10.9 Å². The van der Waals surface area contributed by atoms with Crippen molar-refractivity contribution in [1.29, 1.82) is 0 Å². The molecule has 2 heterocycles. The van der Waals surface area contributed by atoms with Crippen LogP contribution < -0.4 is 9.46 Å². The molecule has 6 nitrogen and oxygen atoms in total. The lowest BCUT2D eigenvalue weighted by molar-refractivity contribution is 0.463. The van der Waals surface area contributed by atoms with E-state index in [1.165, 1.54) is 11.9 Å². The van der Waals surface area contributed by atoms with Crippen LogP contribution in [-0.4, -0.2) is 19.7 Å². The van der Waals surface area contributed by atoms with Crippen LogP contribution in [0.3, 0.4) is 0 Å². The number of rotatable bonds is 6. The van der Waals surface area contributed by atoms with Crippen LogP contribution in [0.1, 0.15) is 0 Å². The normalized spacial score (nSPS) is 10.6. The Morgan fingerprint density at radius 2 is 1.70 bits per heavy atom. The van der Waals surface area contributed by atoms with E-state index in [1.807, 2.05) is 80.0 Å². The molecule has 0 saturated carbocycles. The number of hydrogen-bond acceptors (Lipinski definition) is 6. The molecule has 0 bridgehead atoms. The van der Waals surface area contributed by atoms with Gasteiger partial charge in [0.15, 0.2) is 0 Å². The van der Waals surface area contributed by atoms with Gasteiger partial charge in [0.2, 0.25) is 11.8 Å². The lowest BCUT2D eigenvalue weighted by Gasteiger charge is -2.10. The molecule has 0 aliphatic rings. The van der Waals surface area contributed by atoms with Gasteiger partial charge in [-0.05, 0) is 24.1 Å². The minimum Gasteiger partial charge on any atom is -0.439 e. The van der Waals surface area contributed by atoms with E-state index in [0.717, 1.165) is 21.9 Å². The molecule has 0 aliphatic carbocycles. The minimum absolute atomic E-state index is 0.469. The Balaban J connectivity index is 1.63. The smallest absolute Gasteiger partial charge is 0.237 e. The number of hydrogen-bond donors (Lipinski definition) is 1. The summed E-state index contributed by atoms with van der Waals surface area (Å²) in [5, 5.41) is 4.16. The number of ether oxygens (including phenoxy) is 1. The highest BCUT2D eigenvalue weighted by atomic mass is 32.2. The van der Waals surface area contributed by atoms with E-state index in [9.17, 15) is 0 Å². The lowest BCUT2D eigenvalue weighted by atomic mass is 10.1. The predicted molar refractivity (Wildman–Crippen MR) is 107 cm³/mol. The molecule has 0 atom stereocenters. The summed E-state index contributed by atoms with van der Waals surface area (Å²) < 4.78 is 10.8. The van der Waals surface area contributed by atoms with Crippen molar-refractivity contribution in [2.24, 2.45) is 7.05 Å². The maximum Gasteiger partial charge on any atom is 0.237 e. The Labute approximate surface area is 161 Å². The van der Waals surface area contributed by atoms with Crippen molar-refractivity contribution in [3.05, 3.63) is 79.1 Å². The van der Waals surface area contributed by atoms with Crippen molar-refractivity contribution >= 4 is 17.9 Å². The fourth-order valence-corrected chi connectivity index (χ4v) is 3.05. The molecule has 1 N–H and O–H groups in total. The summed E-state index contributed by atoms with van der Waals surface area (Å²) in [6.07, 6.45) is 3.69. The van der Waals surface area contributed by atoms with Crippen molar-refractivity contribution in [3.63, 3.8) is 0 Å². The third kappa shape index (κ3) is 4.45. The average molecular weight is 375 g/mol. The van der Waals surface area contributed by atoms with Crippen LogP contribution in [0.5, 0.6) is 11.6 Å². The van der Waals surface area contributed by atoms with Crippen molar-refractivity contribution in [3.8, 4) is 22.9 Å².